The SMILES string of the molecule is COC(=O)[C@H]1CCCN1c1ccc([N+](=O)[O-])cn1. The molecular formula is C11H13N3O4. The van der Waals surface area contributed by atoms with Crippen molar-refractivity contribution in [2.75, 3.05) is 18.6 Å². The molecule has 0 N–H and O–H groups in total. The van der Waals surface area contributed by atoms with Crippen LogP contribution in [0.5, 0.6) is 0 Å². The highest BCUT2D eigenvalue weighted by Crippen LogP contribution is 2.25. The number of esters is 1. The Morgan fingerprint density at radius 3 is 2.94 bits per heavy atom. The fourth-order valence-corrected chi connectivity index (χ4v) is 2.08. The van der Waals surface area contributed by atoms with Gasteiger partial charge in [-0.05, 0) is 18.9 Å². The van der Waals surface area contributed by atoms with E-state index in [4.69, 9.17) is 4.74 Å². The van der Waals surface area contributed by atoms with Crippen molar-refractivity contribution in [1.29, 1.82) is 0 Å². The number of nitrogens with zero attached hydrogens (tertiary/aromatic N) is 3. The maximum absolute atomic E-state index is 11.6. The molecule has 1 fully saturated rings. The van der Waals surface area contributed by atoms with Gasteiger partial charge < -0.3 is 9.64 Å². The number of hydrogen-bond donors (Lipinski definition) is 0. The van der Waals surface area contributed by atoms with Gasteiger partial charge in [-0.2, -0.15) is 0 Å². The van der Waals surface area contributed by atoms with Crippen molar-refractivity contribution >= 4 is 17.5 Å². The normalized spacial score (nSPS) is 18.7. The summed E-state index contributed by atoms with van der Waals surface area (Å²) >= 11 is 0. The molecule has 1 aliphatic rings. The van der Waals surface area contributed by atoms with Crippen molar-refractivity contribution in [3.05, 3.63) is 28.4 Å². The molecule has 0 saturated carbocycles. The second kappa shape index (κ2) is 4.99. The molecule has 1 aromatic heterocycles. The Morgan fingerprint density at radius 1 is 1.61 bits per heavy atom. The van der Waals surface area contributed by atoms with Gasteiger partial charge in [-0.25, -0.2) is 9.78 Å². The number of aromatic nitrogens is 1. The smallest absolute Gasteiger partial charge is 0.328 e. The minimum Gasteiger partial charge on any atom is -0.467 e. The average Bonchev–Trinajstić information content (AvgIpc) is 2.87. The third-order valence-electron chi connectivity index (χ3n) is 2.96. The number of nitro groups is 1. The molecule has 0 bridgehead atoms. The molecule has 7 heteroatoms. The van der Waals surface area contributed by atoms with E-state index in [1.165, 1.54) is 19.4 Å². The van der Waals surface area contributed by atoms with E-state index in [1.54, 1.807) is 6.07 Å². The number of rotatable bonds is 3. The lowest BCUT2D eigenvalue weighted by Gasteiger charge is -2.23. The zero-order chi connectivity index (χ0) is 13.1. The maximum atomic E-state index is 11.6. The zero-order valence-electron chi connectivity index (χ0n) is 9.91. The summed E-state index contributed by atoms with van der Waals surface area (Å²) in [6.45, 7) is 0.699. The minimum atomic E-state index is -0.501. The first-order chi connectivity index (χ1) is 8.63. The zero-order valence-corrected chi connectivity index (χ0v) is 9.91. The van der Waals surface area contributed by atoms with Crippen LogP contribution in [0, 0.1) is 10.1 Å². The number of anilines is 1. The van der Waals surface area contributed by atoms with Gasteiger partial charge in [0.05, 0.1) is 12.0 Å². The molecule has 18 heavy (non-hydrogen) atoms. The molecule has 0 aliphatic carbocycles. The number of methoxy groups -OCH3 is 1. The fourth-order valence-electron chi connectivity index (χ4n) is 2.08. The van der Waals surface area contributed by atoms with E-state index in [9.17, 15) is 14.9 Å². The Bertz CT molecular complexity index is 460. The highest BCUT2D eigenvalue weighted by Gasteiger charge is 2.32. The summed E-state index contributed by atoms with van der Waals surface area (Å²) in [6.07, 6.45) is 2.78. The Morgan fingerprint density at radius 2 is 2.39 bits per heavy atom. The van der Waals surface area contributed by atoms with Crippen molar-refractivity contribution < 1.29 is 14.5 Å². The Labute approximate surface area is 104 Å². The second-order valence-electron chi connectivity index (χ2n) is 4.01. The van der Waals surface area contributed by atoms with E-state index in [-0.39, 0.29) is 17.7 Å². The molecule has 0 radical (unpaired) electrons. The van der Waals surface area contributed by atoms with Gasteiger partial charge in [0.2, 0.25) is 0 Å². The molecule has 7 nitrogen and oxygen atoms in total. The van der Waals surface area contributed by atoms with E-state index < -0.39 is 4.92 Å². The molecular weight excluding hydrogens is 238 g/mol. The third-order valence-corrected chi connectivity index (χ3v) is 2.96. The van der Waals surface area contributed by atoms with E-state index in [1.807, 2.05) is 4.90 Å². The summed E-state index contributed by atoms with van der Waals surface area (Å²) in [5.41, 5.74) is -0.0624. The summed E-state index contributed by atoms with van der Waals surface area (Å²) < 4.78 is 4.73. The summed E-state index contributed by atoms with van der Waals surface area (Å²) in [6, 6.07) is 2.60. The fraction of sp³-hybridized carbons (Fsp3) is 0.455. The van der Waals surface area contributed by atoms with Crippen LogP contribution in [0.4, 0.5) is 11.5 Å². The molecule has 0 amide bonds. The van der Waals surface area contributed by atoms with Gasteiger partial charge in [0.15, 0.2) is 0 Å². The molecule has 0 aromatic carbocycles. The van der Waals surface area contributed by atoms with Gasteiger partial charge >= 0.3 is 5.97 Å². The molecule has 2 heterocycles. The number of ether oxygens (including phenoxy) is 1. The predicted molar refractivity (Wildman–Crippen MR) is 63.3 cm³/mol. The van der Waals surface area contributed by atoms with Crippen molar-refractivity contribution in [3.63, 3.8) is 0 Å². The molecule has 1 aromatic rings. The highest BCUT2D eigenvalue weighted by atomic mass is 16.6. The molecule has 2 rings (SSSR count). The predicted octanol–water partition coefficient (Wildman–Crippen LogP) is 1.13. The Kier molecular flexibility index (Phi) is 3.40. The number of carbonyl (C=O) groups excluding carboxylic acids is 1. The molecule has 1 atom stereocenters. The molecule has 1 saturated heterocycles. The van der Waals surface area contributed by atoms with Gasteiger partial charge in [0.1, 0.15) is 18.1 Å². The van der Waals surface area contributed by atoms with Gasteiger partial charge in [0.25, 0.3) is 5.69 Å². The van der Waals surface area contributed by atoms with E-state index in [2.05, 4.69) is 4.98 Å². The largest absolute Gasteiger partial charge is 0.467 e. The van der Waals surface area contributed by atoms with Crippen LogP contribution < -0.4 is 4.90 Å². The lowest BCUT2D eigenvalue weighted by molar-refractivity contribution is -0.385. The van der Waals surface area contributed by atoms with Crippen LogP contribution in [0.3, 0.4) is 0 Å². The van der Waals surface area contributed by atoms with E-state index >= 15 is 0 Å². The van der Waals surface area contributed by atoms with E-state index in [0.29, 0.717) is 18.8 Å². The number of carbonyl (C=O) groups is 1. The van der Waals surface area contributed by atoms with Gasteiger partial charge in [-0.15, -0.1) is 0 Å². The van der Waals surface area contributed by atoms with Crippen LogP contribution in [-0.2, 0) is 9.53 Å². The Hall–Kier alpha value is -2.18. The number of pyridine rings is 1. The summed E-state index contributed by atoms with van der Waals surface area (Å²) in [4.78, 5) is 27.4. The lowest BCUT2D eigenvalue weighted by Crippen LogP contribution is -2.37. The summed E-state index contributed by atoms with van der Waals surface area (Å²) in [5.74, 6) is 0.265. The van der Waals surface area contributed by atoms with Crippen molar-refractivity contribution in [2.45, 2.75) is 18.9 Å². The molecule has 96 valence electrons. The van der Waals surface area contributed by atoms with Crippen LogP contribution in [0.1, 0.15) is 12.8 Å². The van der Waals surface area contributed by atoms with Crippen molar-refractivity contribution in [2.24, 2.45) is 0 Å². The quantitative estimate of drug-likeness (QED) is 0.455. The number of hydrogen-bond acceptors (Lipinski definition) is 6. The first kappa shape index (κ1) is 12.3. The van der Waals surface area contributed by atoms with Crippen LogP contribution in [0.15, 0.2) is 18.3 Å². The third kappa shape index (κ3) is 2.24. The molecule has 0 spiro atoms. The summed E-state index contributed by atoms with van der Waals surface area (Å²) in [5, 5.41) is 10.5. The topological polar surface area (TPSA) is 85.6 Å². The standard InChI is InChI=1S/C11H13N3O4/c1-18-11(15)9-3-2-6-13(9)10-5-4-8(7-12-10)14(16)17/h4-5,7,9H,2-3,6H2,1H3/t9-/m1/s1. The highest BCUT2D eigenvalue weighted by molar-refractivity contribution is 5.80. The molecule has 1 aliphatic heterocycles. The molecule has 0 unspecified atom stereocenters. The van der Waals surface area contributed by atoms with E-state index in [0.717, 1.165) is 6.42 Å². The van der Waals surface area contributed by atoms with Crippen molar-refractivity contribution in [3.8, 4) is 0 Å². The maximum Gasteiger partial charge on any atom is 0.328 e. The van der Waals surface area contributed by atoms with Gasteiger partial charge in [0, 0.05) is 12.6 Å². The minimum absolute atomic E-state index is 0.0624. The van der Waals surface area contributed by atoms with Crippen LogP contribution >= 0.6 is 0 Å². The van der Waals surface area contributed by atoms with Gasteiger partial charge in [-0.1, -0.05) is 0 Å². The van der Waals surface area contributed by atoms with Gasteiger partial charge in [-0.3, -0.25) is 10.1 Å². The first-order valence-electron chi connectivity index (χ1n) is 5.58. The van der Waals surface area contributed by atoms with Crippen LogP contribution in [0.25, 0.3) is 0 Å². The average molecular weight is 251 g/mol. The monoisotopic (exact) mass is 251 g/mol. The first-order valence-corrected chi connectivity index (χ1v) is 5.58. The Balaban J connectivity index is 2.20. The van der Waals surface area contributed by atoms with Crippen molar-refractivity contribution in [1.82, 2.24) is 4.98 Å². The second-order valence-corrected chi connectivity index (χ2v) is 4.01. The van der Waals surface area contributed by atoms with Crippen LogP contribution in [-0.4, -0.2) is 35.6 Å². The lowest BCUT2D eigenvalue weighted by atomic mass is 10.2. The van der Waals surface area contributed by atoms with Crippen LogP contribution in [0.2, 0.25) is 0 Å². The summed E-state index contributed by atoms with van der Waals surface area (Å²) in [7, 11) is 1.35.